The van der Waals surface area contributed by atoms with Crippen LogP contribution in [0, 0.1) is 0 Å². The molecule has 1 heterocycles. The van der Waals surface area contributed by atoms with E-state index in [0.717, 1.165) is 0 Å². The second-order valence-electron chi connectivity index (χ2n) is 2.21. The number of hydrogen-bond donors (Lipinski definition) is 1. The minimum absolute atomic E-state index is 0.00227. The van der Waals surface area contributed by atoms with Crippen LogP contribution in [0.4, 0.5) is 0 Å². The summed E-state index contributed by atoms with van der Waals surface area (Å²) in [5, 5.41) is 2.68. The van der Waals surface area contributed by atoms with Gasteiger partial charge >= 0.3 is 0 Å². The fourth-order valence-corrected chi connectivity index (χ4v) is 0.831. The van der Waals surface area contributed by atoms with Gasteiger partial charge < -0.3 is 9.73 Å². The van der Waals surface area contributed by atoms with E-state index in [9.17, 15) is 4.79 Å². The molecule has 3 nitrogen and oxygen atoms in total. The van der Waals surface area contributed by atoms with Crippen LogP contribution in [0.25, 0.3) is 0 Å². The molecule has 0 aromatic carbocycles. The molecule has 0 spiro atoms. The normalized spacial score (nSPS) is 9.55. The zero-order valence-electron chi connectivity index (χ0n) is 6.46. The molecule has 3 heteroatoms. The van der Waals surface area contributed by atoms with Crippen LogP contribution in [-0.4, -0.2) is 12.5 Å². The molecule has 11 heavy (non-hydrogen) atoms. The third kappa shape index (κ3) is 2.45. The quantitative estimate of drug-likeness (QED) is 0.702. The van der Waals surface area contributed by atoms with Gasteiger partial charge in [-0.25, -0.2) is 0 Å². The van der Waals surface area contributed by atoms with Crippen molar-refractivity contribution in [2.75, 3.05) is 6.54 Å². The molecule has 0 fully saturated rings. The van der Waals surface area contributed by atoms with Crippen LogP contribution in [0.2, 0.25) is 0 Å². The predicted molar refractivity (Wildman–Crippen MR) is 41.1 cm³/mol. The Labute approximate surface area is 65.4 Å². The Morgan fingerprint density at radius 3 is 3.09 bits per heavy atom. The van der Waals surface area contributed by atoms with Crippen molar-refractivity contribution < 1.29 is 9.21 Å². The molecule has 1 aromatic heterocycles. The maximum Gasteiger partial charge on any atom is 0.227 e. The van der Waals surface area contributed by atoms with Crippen LogP contribution in [0.5, 0.6) is 0 Å². The SMILES string of the molecule is CCNC(=O)Cc1ccco1. The van der Waals surface area contributed by atoms with E-state index in [1.807, 2.05) is 6.92 Å². The van der Waals surface area contributed by atoms with Gasteiger partial charge in [-0.3, -0.25) is 4.79 Å². The molecule has 1 amide bonds. The summed E-state index contributed by atoms with van der Waals surface area (Å²) < 4.78 is 4.99. The van der Waals surface area contributed by atoms with Crippen molar-refractivity contribution in [3.8, 4) is 0 Å². The van der Waals surface area contributed by atoms with Gasteiger partial charge in [-0.05, 0) is 19.1 Å². The van der Waals surface area contributed by atoms with E-state index in [0.29, 0.717) is 18.7 Å². The van der Waals surface area contributed by atoms with Gasteiger partial charge in [0.1, 0.15) is 5.76 Å². The van der Waals surface area contributed by atoms with Crippen LogP contribution in [-0.2, 0) is 11.2 Å². The highest BCUT2D eigenvalue weighted by Crippen LogP contribution is 1.99. The van der Waals surface area contributed by atoms with Gasteiger partial charge in [-0.2, -0.15) is 0 Å². The summed E-state index contributed by atoms with van der Waals surface area (Å²) in [4.78, 5) is 10.9. The Morgan fingerprint density at radius 2 is 2.55 bits per heavy atom. The summed E-state index contributed by atoms with van der Waals surface area (Å²) >= 11 is 0. The third-order valence-corrected chi connectivity index (χ3v) is 1.29. The maximum atomic E-state index is 10.9. The molecule has 1 N–H and O–H groups in total. The Balaban J connectivity index is 2.37. The molecule has 0 unspecified atom stereocenters. The molecule has 0 aliphatic rings. The molecule has 1 rings (SSSR count). The Hall–Kier alpha value is -1.25. The van der Waals surface area contributed by atoms with Crippen molar-refractivity contribution in [2.24, 2.45) is 0 Å². The van der Waals surface area contributed by atoms with Crippen molar-refractivity contribution in [3.05, 3.63) is 24.2 Å². The Kier molecular flexibility index (Phi) is 2.72. The monoisotopic (exact) mass is 153 g/mol. The lowest BCUT2D eigenvalue weighted by Gasteiger charge is -1.97. The highest BCUT2D eigenvalue weighted by atomic mass is 16.3. The first-order chi connectivity index (χ1) is 5.33. The average Bonchev–Trinajstić information content (AvgIpc) is 2.40. The van der Waals surface area contributed by atoms with Crippen molar-refractivity contribution in [2.45, 2.75) is 13.3 Å². The van der Waals surface area contributed by atoms with E-state index in [1.54, 1.807) is 18.4 Å². The fourth-order valence-electron chi connectivity index (χ4n) is 0.831. The molecule has 60 valence electrons. The summed E-state index contributed by atoms with van der Waals surface area (Å²) in [5.74, 6) is 0.707. The Bertz CT molecular complexity index is 216. The van der Waals surface area contributed by atoms with E-state index >= 15 is 0 Å². The second-order valence-corrected chi connectivity index (χ2v) is 2.21. The first-order valence-corrected chi connectivity index (χ1v) is 3.62. The minimum Gasteiger partial charge on any atom is -0.469 e. The number of likely N-dealkylation sites (N-methyl/N-ethyl adjacent to an activating group) is 1. The lowest BCUT2D eigenvalue weighted by molar-refractivity contribution is -0.120. The zero-order valence-corrected chi connectivity index (χ0v) is 6.46. The van der Waals surface area contributed by atoms with E-state index in [4.69, 9.17) is 4.42 Å². The molecule has 0 saturated carbocycles. The number of carbonyl (C=O) groups is 1. The lowest BCUT2D eigenvalue weighted by Crippen LogP contribution is -2.24. The highest BCUT2D eigenvalue weighted by Gasteiger charge is 2.02. The standard InChI is InChI=1S/C8H11NO2/c1-2-9-8(10)6-7-4-3-5-11-7/h3-5H,2,6H2,1H3,(H,9,10). The number of nitrogens with one attached hydrogen (secondary N) is 1. The van der Waals surface area contributed by atoms with Crippen LogP contribution >= 0.6 is 0 Å². The van der Waals surface area contributed by atoms with Crippen molar-refractivity contribution in [3.63, 3.8) is 0 Å². The molecule has 0 aliphatic carbocycles. The van der Waals surface area contributed by atoms with Crippen LogP contribution in [0.3, 0.4) is 0 Å². The second kappa shape index (κ2) is 3.81. The van der Waals surface area contributed by atoms with E-state index < -0.39 is 0 Å². The average molecular weight is 153 g/mol. The summed E-state index contributed by atoms with van der Waals surface area (Å²) in [5.41, 5.74) is 0. The van der Waals surface area contributed by atoms with Gasteiger partial charge in [0.2, 0.25) is 5.91 Å². The summed E-state index contributed by atoms with van der Waals surface area (Å²) in [6, 6.07) is 3.56. The number of rotatable bonds is 3. The van der Waals surface area contributed by atoms with Crippen molar-refractivity contribution >= 4 is 5.91 Å². The number of amides is 1. The molecular formula is C8H11NO2. The third-order valence-electron chi connectivity index (χ3n) is 1.29. The van der Waals surface area contributed by atoms with Gasteiger partial charge in [0.15, 0.2) is 0 Å². The summed E-state index contributed by atoms with van der Waals surface area (Å²) in [7, 11) is 0. The largest absolute Gasteiger partial charge is 0.469 e. The first-order valence-electron chi connectivity index (χ1n) is 3.62. The topological polar surface area (TPSA) is 42.2 Å². The van der Waals surface area contributed by atoms with Crippen LogP contribution < -0.4 is 5.32 Å². The molecule has 0 saturated heterocycles. The van der Waals surface area contributed by atoms with Gasteiger partial charge in [-0.1, -0.05) is 0 Å². The van der Waals surface area contributed by atoms with Gasteiger partial charge in [0.25, 0.3) is 0 Å². The Morgan fingerprint density at radius 1 is 1.73 bits per heavy atom. The van der Waals surface area contributed by atoms with Gasteiger partial charge in [0, 0.05) is 6.54 Å². The van der Waals surface area contributed by atoms with Crippen LogP contribution in [0.1, 0.15) is 12.7 Å². The first kappa shape index (κ1) is 7.85. The van der Waals surface area contributed by atoms with Gasteiger partial charge in [-0.15, -0.1) is 0 Å². The van der Waals surface area contributed by atoms with Crippen molar-refractivity contribution in [1.82, 2.24) is 5.32 Å². The van der Waals surface area contributed by atoms with Crippen LogP contribution in [0.15, 0.2) is 22.8 Å². The number of hydrogen-bond acceptors (Lipinski definition) is 2. The predicted octanol–water partition coefficient (Wildman–Crippen LogP) is 0.958. The summed E-state index contributed by atoms with van der Waals surface area (Å²) in [6.45, 7) is 2.56. The van der Waals surface area contributed by atoms with E-state index in [-0.39, 0.29) is 5.91 Å². The van der Waals surface area contributed by atoms with E-state index in [2.05, 4.69) is 5.32 Å². The van der Waals surface area contributed by atoms with E-state index in [1.165, 1.54) is 0 Å². The highest BCUT2D eigenvalue weighted by molar-refractivity contribution is 5.77. The smallest absolute Gasteiger partial charge is 0.227 e. The van der Waals surface area contributed by atoms with Gasteiger partial charge in [0.05, 0.1) is 12.7 Å². The molecule has 0 atom stereocenters. The molecule has 0 aliphatic heterocycles. The summed E-state index contributed by atoms with van der Waals surface area (Å²) in [6.07, 6.45) is 1.90. The fraction of sp³-hybridized carbons (Fsp3) is 0.375. The lowest BCUT2D eigenvalue weighted by atomic mass is 10.3. The van der Waals surface area contributed by atoms with Crippen molar-refractivity contribution in [1.29, 1.82) is 0 Å². The number of furan rings is 1. The molecule has 0 radical (unpaired) electrons. The maximum absolute atomic E-state index is 10.9. The molecular weight excluding hydrogens is 142 g/mol. The number of carbonyl (C=O) groups excluding carboxylic acids is 1. The zero-order chi connectivity index (χ0) is 8.10. The minimum atomic E-state index is 0.00227. The molecule has 0 bridgehead atoms. The molecule has 1 aromatic rings.